The summed E-state index contributed by atoms with van der Waals surface area (Å²) in [6.45, 7) is 15.6. The fourth-order valence-corrected chi connectivity index (χ4v) is 3.43. The van der Waals surface area contributed by atoms with E-state index in [1.54, 1.807) is 0 Å². The lowest BCUT2D eigenvalue weighted by Crippen LogP contribution is -2.31. The zero-order valence-electron chi connectivity index (χ0n) is 14.6. The minimum Gasteiger partial charge on any atom is -0.370 e. The van der Waals surface area contributed by atoms with Crippen molar-refractivity contribution in [3.63, 3.8) is 0 Å². The van der Waals surface area contributed by atoms with Gasteiger partial charge in [-0.25, -0.2) is 0 Å². The molecule has 1 aromatic carbocycles. The molecule has 2 nitrogen and oxygen atoms in total. The predicted molar refractivity (Wildman–Crippen MR) is 98.9 cm³/mol. The highest BCUT2D eigenvalue weighted by Crippen LogP contribution is 2.41. The van der Waals surface area contributed by atoms with Crippen molar-refractivity contribution in [3.05, 3.63) is 66.0 Å². The molecule has 0 N–H and O–H groups in total. The maximum absolute atomic E-state index is 4.71. The van der Waals surface area contributed by atoms with E-state index in [1.807, 2.05) is 18.2 Å². The van der Waals surface area contributed by atoms with Crippen molar-refractivity contribution in [1.82, 2.24) is 4.98 Å². The molecule has 0 bridgehead atoms. The average Bonchev–Trinajstić information content (AvgIpc) is 2.77. The van der Waals surface area contributed by atoms with Crippen LogP contribution in [0.3, 0.4) is 0 Å². The summed E-state index contributed by atoms with van der Waals surface area (Å²) < 4.78 is 0. The average molecular weight is 306 g/mol. The Morgan fingerprint density at radius 2 is 1.96 bits per heavy atom. The van der Waals surface area contributed by atoms with Crippen molar-refractivity contribution >= 4 is 11.3 Å². The van der Waals surface area contributed by atoms with Crippen LogP contribution in [-0.2, 0) is 5.41 Å². The summed E-state index contributed by atoms with van der Waals surface area (Å²) in [4.78, 5) is 7.21. The lowest BCUT2D eigenvalue weighted by molar-refractivity contribution is 0.525. The topological polar surface area (TPSA) is 16.1 Å². The van der Waals surface area contributed by atoms with Gasteiger partial charge in [0.25, 0.3) is 0 Å². The standard InChI is InChI=1S/C21H26N2/c1-15(2)13-23-14-21(4,5)18-12-22-19(11-20(18)23)16(3)17-9-7-6-8-10-17/h6-12,15H,3,13-14H2,1-2,4-5H3. The number of fused-ring (bicyclic) bond motifs is 1. The van der Waals surface area contributed by atoms with Gasteiger partial charge < -0.3 is 4.90 Å². The number of nitrogens with zero attached hydrogens (tertiary/aromatic N) is 2. The Morgan fingerprint density at radius 1 is 1.26 bits per heavy atom. The van der Waals surface area contributed by atoms with E-state index in [0.717, 1.165) is 29.9 Å². The predicted octanol–water partition coefficient (Wildman–Crippen LogP) is 4.90. The molecular weight excluding hydrogens is 280 g/mol. The van der Waals surface area contributed by atoms with Crippen LogP contribution in [0.2, 0.25) is 0 Å². The van der Waals surface area contributed by atoms with Crippen LogP contribution >= 0.6 is 0 Å². The Kier molecular flexibility index (Phi) is 4.01. The molecule has 0 fully saturated rings. The van der Waals surface area contributed by atoms with Gasteiger partial charge in [0.1, 0.15) is 0 Å². The third kappa shape index (κ3) is 3.03. The lowest BCUT2D eigenvalue weighted by Gasteiger charge is -2.24. The molecule has 0 atom stereocenters. The summed E-state index contributed by atoms with van der Waals surface area (Å²) in [6, 6.07) is 12.5. The van der Waals surface area contributed by atoms with E-state index in [2.05, 4.69) is 63.6 Å². The van der Waals surface area contributed by atoms with E-state index in [4.69, 9.17) is 4.98 Å². The van der Waals surface area contributed by atoms with E-state index in [9.17, 15) is 0 Å². The molecule has 2 heteroatoms. The second-order valence-corrected chi connectivity index (χ2v) is 7.59. The number of hydrogen-bond donors (Lipinski definition) is 0. The normalized spacial score (nSPS) is 15.8. The Labute approximate surface area is 139 Å². The molecule has 0 spiro atoms. The molecule has 0 saturated heterocycles. The first-order chi connectivity index (χ1) is 10.9. The van der Waals surface area contributed by atoms with Crippen molar-refractivity contribution in [2.24, 2.45) is 5.92 Å². The quantitative estimate of drug-likeness (QED) is 0.799. The Morgan fingerprint density at radius 3 is 2.61 bits per heavy atom. The Bertz CT molecular complexity index is 714. The van der Waals surface area contributed by atoms with E-state index in [1.165, 1.54) is 11.3 Å². The first-order valence-electron chi connectivity index (χ1n) is 8.38. The number of rotatable bonds is 4. The number of pyridine rings is 1. The van der Waals surface area contributed by atoms with E-state index in [-0.39, 0.29) is 5.41 Å². The highest BCUT2D eigenvalue weighted by molar-refractivity contribution is 5.78. The lowest BCUT2D eigenvalue weighted by atomic mass is 9.88. The molecule has 2 heterocycles. The van der Waals surface area contributed by atoms with Crippen molar-refractivity contribution in [2.75, 3.05) is 18.0 Å². The van der Waals surface area contributed by atoms with Gasteiger partial charge >= 0.3 is 0 Å². The van der Waals surface area contributed by atoms with Crippen molar-refractivity contribution < 1.29 is 0 Å². The van der Waals surface area contributed by atoms with Crippen LogP contribution in [0.5, 0.6) is 0 Å². The fourth-order valence-electron chi connectivity index (χ4n) is 3.43. The van der Waals surface area contributed by atoms with E-state index < -0.39 is 0 Å². The number of anilines is 1. The van der Waals surface area contributed by atoms with Crippen LogP contribution in [-0.4, -0.2) is 18.1 Å². The maximum Gasteiger partial charge on any atom is 0.0722 e. The summed E-state index contributed by atoms with van der Waals surface area (Å²) in [6.07, 6.45) is 2.05. The number of hydrogen-bond acceptors (Lipinski definition) is 2. The van der Waals surface area contributed by atoms with Gasteiger partial charge in [-0.3, -0.25) is 4.98 Å². The molecule has 1 aliphatic heterocycles. The monoisotopic (exact) mass is 306 g/mol. The molecule has 0 amide bonds. The molecule has 2 aromatic rings. The van der Waals surface area contributed by atoms with Gasteiger partial charge in [0.05, 0.1) is 5.69 Å². The third-order valence-electron chi connectivity index (χ3n) is 4.56. The van der Waals surface area contributed by atoms with Crippen LogP contribution in [0.1, 0.15) is 44.5 Å². The van der Waals surface area contributed by atoms with Gasteiger partial charge in [0.15, 0.2) is 0 Å². The van der Waals surface area contributed by atoms with Gasteiger partial charge in [0.2, 0.25) is 0 Å². The van der Waals surface area contributed by atoms with Crippen molar-refractivity contribution in [1.29, 1.82) is 0 Å². The molecule has 120 valence electrons. The van der Waals surface area contributed by atoms with Crippen molar-refractivity contribution in [3.8, 4) is 0 Å². The fraction of sp³-hybridized carbons (Fsp3) is 0.381. The van der Waals surface area contributed by atoms with Gasteiger partial charge in [-0.1, -0.05) is 64.6 Å². The minimum absolute atomic E-state index is 0.157. The summed E-state index contributed by atoms with van der Waals surface area (Å²) in [7, 11) is 0. The Balaban J connectivity index is 1.99. The molecule has 23 heavy (non-hydrogen) atoms. The van der Waals surface area contributed by atoms with Crippen molar-refractivity contribution in [2.45, 2.75) is 33.1 Å². The molecule has 0 radical (unpaired) electrons. The first kappa shape index (κ1) is 15.8. The largest absolute Gasteiger partial charge is 0.370 e. The molecular formula is C21H26N2. The van der Waals surface area contributed by atoms with Gasteiger partial charge in [-0.2, -0.15) is 0 Å². The zero-order valence-corrected chi connectivity index (χ0v) is 14.6. The second kappa shape index (κ2) is 5.84. The molecule has 0 unspecified atom stereocenters. The Hall–Kier alpha value is -2.09. The summed E-state index contributed by atoms with van der Waals surface area (Å²) >= 11 is 0. The van der Waals surface area contributed by atoms with Crippen LogP contribution in [0.15, 0.2) is 49.2 Å². The third-order valence-corrected chi connectivity index (χ3v) is 4.56. The summed E-state index contributed by atoms with van der Waals surface area (Å²) in [5, 5.41) is 0. The SMILES string of the molecule is C=C(c1ccccc1)c1cc2c(cn1)C(C)(C)CN2CC(C)C. The van der Waals surface area contributed by atoms with Crippen LogP contribution in [0, 0.1) is 5.92 Å². The highest BCUT2D eigenvalue weighted by Gasteiger charge is 2.35. The van der Waals surface area contributed by atoms with E-state index in [0.29, 0.717) is 5.92 Å². The summed E-state index contributed by atoms with van der Waals surface area (Å²) in [5.74, 6) is 0.644. The molecule has 0 aliphatic carbocycles. The zero-order chi connectivity index (χ0) is 16.6. The maximum atomic E-state index is 4.71. The second-order valence-electron chi connectivity index (χ2n) is 7.59. The molecule has 3 rings (SSSR count). The molecule has 0 saturated carbocycles. The number of benzene rings is 1. The van der Waals surface area contributed by atoms with Crippen LogP contribution in [0.4, 0.5) is 5.69 Å². The first-order valence-corrected chi connectivity index (χ1v) is 8.38. The van der Waals surface area contributed by atoms with Crippen LogP contribution < -0.4 is 4.90 Å². The van der Waals surface area contributed by atoms with E-state index >= 15 is 0 Å². The molecule has 1 aliphatic rings. The minimum atomic E-state index is 0.157. The number of aromatic nitrogens is 1. The highest BCUT2D eigenvalue weighted by atomic mass is 15.2. The summed E-state index contributed by atoms with van der Waals surface area (Å²) in [5.41, 5.74) is 5.93. The van der Waals surface area contributed by atoms with Gasteiger partial charge in [0, 0.05) is 41.5 Å². The van der Waals surface area contributed by atoms with Gasteiger partial charge in [-0.05, 0) is 17.5 Å². The molecule has 1 aromatic heterocycles. The van der Waals surface area contributed by atoms with Crippen LogP contribution in [0.25, 0.3) is 5.57 Å². The smallest absolute Gasteiger partial charge is 0.0722 e. The van der Waals surface area contributed by atoms with Gasteiger partial charge in [-0.15, -0.1) is 0 Å².